The van der Waals surface area contributed by atoms with Gasteiger partial charge >= 0.3 is 0 Å². The zero-order valence-corrected chi connectivity index (χ0v) is 14.0. The number of aromatic nitrogens is 1. The van der Waals surface area contributed by atoms with E-state index >= 15 is 0 Å². The summed E-state index contributed by atoms with van der Waals surface area (Å²) in [6.45, 7) is 0. The molecule has 1 amide bonds. The SMILES string of the molecule is O=C(Nc1cccc2cnccc12)c1cc(Br)cc(Br)c1. The molecule has 3 rings (SSSR count). The molecule has 0 aliphatic heterocycles. The largest absolute Gasteiger partial charge is 0.321 e. The van der Waals surface area contributed by atoms with Crippen LogP contribution >= 0.6 is 31.9 Å². The molecular weight excluding hydrogens is 396 g/mol. The van der Waals surface area contributed by atoms with Gasteiger partial charge in [-0.1, -0.05) is 44.0 Å². The van der Waals surface area contributed by atoms with Crippen molar-refractivity contribution in [3.63, 3.8) is 0 Å². The van der Waals surface area contributed by atoms with Gasteiger partial charge < -0.3 is 5.32 Å². The molecule has 0 fully saturated rings. The minimum absolute atomic E-state index is 0.152. The van der Waals surface area contributed by atoms with E-state index in [1.165, 1.54) is 0 Å². The highest BCUT2D eigenvalue weighted by Gasteiger charge is 2.09. The summed E-state index contributed by atoms with van der Waals surface area (Å²) >= 11 is 6.78. The summed E-state index contributed by atoms with van der Waals surface area (Å²) in [5, 5.41) is 4.91. The molecule has 104 valence electrons. The second kappa shape index (κ2) is 5.95. The molecule has 0 aliphatic carbocycles. The van der Waals surface area contributed by atoms with Gasteiger partial charge in [-0.2, -0.15) is 0 Å². The lowest BCUT2D eigenvalue weighted by molar-refractivity contribution is 0.102. The maximum Gasteiger partial charge on any atom is 0.255 e. The maximum atomic E-state index is 12.4. The highest BCUT2D eigenvalue weighted by molar-refractivity contribution is 9.11. The average Bonchev–Trinajstić information content (AvgIpc) is 2.46. The number of rotatable bonds is 2. The lowest BCUT2D eigenvalue weighted by atomic mass is 10.1. The van der Waals surface area contributed by atoms with E-state index in [9.17, 15) is 4.79 Å². The first-order chi connectivity index (χ1) is 10.1. The Hall–Kier alpha value is -1.72. The van der Waals surface area contributed by atoms with Gasteiger partial charge in [0.05, 0.1) is 0 Å². The Morgan fingerprint density at radius 2 is 1.81 bits per heavy atom. The normalized spacial score (nSPS) is 10.6. The van der Waals surface area contributed by atoms with Crippen molar-refractivity contribution in [2.24, 2.45) is 0 Å². The lowest BCUT2D eigenvalue weighted by Gasteiger charge is -2.09. The summed E-state index contributed by atoms with van der Waals surface area (Å²) in [5.41, 5.74) is 1.36. The van der Waals surface area contributed by atoms with E-state index in [0.29, 0.717) is 5.56 Å². The van der Waals surface area contributed by atoms with Crippen LogP contribution < -0.4 is 5.32 Å². The van der Waals surface area contributed by atoms with Crippen LogP contribution in [0.2, 0.25) is 0 Å². The number of nitrogens with one attached hydrogen (secondary N) is 1. The maximum absolute atomic E-state index is 12.4. The zero-order valence-electron chi connectivity index (χ0n) is 10.8. The molecule has 0 atom stereocenters. The Labute approximate surface area is 138 Å². The van der Waals surface area contributed by atoms with Crippen LogP contribution in [0.4, 0.5) is 5.69 Å². The summed E-state index contributed by atoms with van der Waals surface area (Å²) in [6.07, 6.45) is 3.49. The van der Waals surface area contributed by atoms with E-state index in [0.717, 1.165) is 25.4 Å². The van der Waals surface area contributed by atoms with E-state index in [1.807, 2.05) is 30.3 Å². The van der Waals surface area contributed by atoms with Crippen molar-refractivity contribution >= 4 is 54.2 Å². The van der Waals surface area contributed by atoms with E-state index in [4.69, 9.17) is 0 Å². The van der Waals surface area contributed by atoms with Crippen LogP contribution in [0.25, 0.3) is 10.8 Å². The Balaban J connectivity index is 1.96. The second-order valence-corrected chi connectivity index (χ2v) is 6.35. The number of hydrogen-bond acceptors (Lipinski definition) is 2. The van der Waals surface area contributed by atoms with E-state index in [1.54, 1.807) is 24.5 Å². The molecular formula is C16H10Br2N2O. The van der Waals surface area contributed by atoms with E-state index in [-0.39, 0.29) is 5.91 Å². The van der Waals surface area contributed by atoms with Gasteiger partial charge in [-0.25, -0.2) is 0 Å². The molecule has 0 saturated heterocycles. The van der Waals surface area contributed by atoms with Crippen molar-refractivity contribution in [2.45, 2.75) is 0 Å². The first kappa shape index (κ1) is 14.2. The van der Waals surface area contributed by atoms with Crippen LogP contribution in [-0.4, -0.2) is 10.9 Å². The van der Waals surface area contributed by atoms with Crippen molar-refractivity contribution < 1.29 is 4.79 Å². The van der Waals surface area contributed by atoms with E-state index in [2.05, 4.69) is 42.2 Å². The van der Waals surface area contributed by atoms with Gasteiger partial charge in [-0.05, 0) is 30.3 Å². The molecule has 1 N–H and O–H groups in total. The fraction of sp³-hybridized carbons (Fsp3) is 0. The second-order valence-electron chi connectivity index (χ2n) is 4.51. The topological polar surface area (TPSA) is 42.0 Å². The molecule has 5 heteroatoms. The van der Waals surface area contributed by atoms with Gasteiger partial charge in [-0.3, -0.25) is 9.78 Å². The number of carbonyl (C=O) groups excluding carboxylic acids is 1. The number of hydrogen-bond donors (Lipinski definition) is 1. The predicted molar refractivity (Wildman–Crippen MR) is 91.5 cm³/mol. The average molecular weight is 406 g/mol. The van der Waals surface area contributed by atoms with Crippen molar-refractivity contribution in [3.05, 3.63) is 69.4 Å². The minimum Gasteiger partial charge on any atom is -0.321 e. The number of anilines is 1. The first-order valence-corrected chi connectivity index (χ1v) is 7.82. The van der Waals surface area contributed by atoms with Gasteiger partial charge in [0.15, 0.2) is 0 Å². The molecule has 0 saturated carbocycles. The standard InChI is InChI=1S/C16H10Br2N2O/c17-12-6-11(7-13(18)8-12)16(21)20-15-3-1-2-10-9-19-5-4-14(10)15/h1-9H,(H,20,21). The summed E-state index contributed by atoms with van der Waals surface area (Å²) in [5.74, 6) is -0.152. The minimum atomic E-state index is -0.152. The van der Waals surface area contributed by atoms with Crippen LogP contribution in [0, 0.1) is 0 Å². The Bertz CT molecular complexity index is 808. The number of nitrogens with zero attached hydrogens (tertiary/aromatic N) is 1. The summed E-state index contributed by atoms with van der Waals surface area (Å²) < 4.78 is 1.70. The predicted octanol–water partition coefficient (Wildman–Crippen LogP) is 5.01. The van der Waals surface area contributed by atoms with Gasteiger partial charge in [0.1, 0.15) is 0 Å². The first-order valence-electron chi connectivity index (χ1n) is 6.24. The number of amides is 1. The van der Waals surface area contributed by atoms with Crippen LogP contribution in [0.3, 0.4) is 0 Å². The Morgan fingerprint density at radius 3 is 2.57 bits per heavy atom. The summed E-state index contributed by atoms with van der Waals surface area (Å²) in [7, 11) is 0. The fourth-order valence-electron chi connectivity index (χ4n) is 2.11. The zero-order chi connectivity index (χ0) is 14.8. The monoisotopic (exact) mass is 404 g/mol. The van der Waals surface area contributed by atoms with Gasteiger partial charge in [0, 0.05) is 43.4 Å². The Morgan fingerprint density at radius 1 is 1.05 bits per heavy atom. The molecule has 0 unspecified atom stereocenters. The van der Waals surface area contributed by atoms with Crippen molar-refractivity contribution in [3.8, 4) is 0 Å². The van der Waals surface area contributed by atoms with Crippen LogP contribution in [0.5, 0.6) is 0 Å². The molecule has 0 bridgehead atoms. The number of halogens is 2. The van der Waals surface area contributed by atoms with Crippen LogP contribution in [-0.2, 0) is 0 Å². The highest BCUT2D eigenvalue weighted by Crippen LogP contribution is 2.24. The number of carbonyl (C=O) groups is 1. The molecule has 2 aromatic carbocycles. The summed E-state index contributed by atoms with van der Waals surface area (Å²) in [4.78, 5) is 16.5. The molecule has 0 radical (unpaired) electrons. The van der Waals surface area contributed by atoms with Crippen molar-refractivity contribution in [2.75, 3.05) is 5.32 Å². The quantitative estimate of drug-likeness (QED) is 0.650. The highest BCUT2D eigenvalue weighted by atomic mass is 79.9. The third-order valence-electron chi connectivity index (χ3n) is 3.05. The molecule has 1 heterocycles. The molecule has 3 aromatic rings. The molecule has 0 spiro atoms. The smallest absolute Gasteiger partial charge is 0.255 e. The Kier molecular flexibility index (Phi) is 4.03. The van der Waals surface area contributed by atoms with Crippen LogP contribution in [0.15, 0.2) is 63.8 Å². The van der Waals surface area contributed by atoms with Crippen molar-refractivity contribution in [1.29, 1.82) is 0 Å². The van der Waals surface area contributed by atoms with Gasteiger partial charge in [-0.15, -0.1) is 0 Å². The molecule has 21 heavy (non-hydrogen) atoms. The van der Waals surface area contributed by atoms with Crippen molar-refractivity contribution in [1.82, 2.24) is 4.98 Å². The third kappa shape index (κ3) is 3.14. The van der Waals surface area contributed by atoms with Gasteiger partial charge in [0.25, 0.3) is 5.91 Å². The summed E-state index contributed by atoms with van der Waals surface area (Å²) in [6, 6.07) is 13.1. The molecule has 1 aromatic heterocycles. The van der Waals surface area contributed by atoms with E-state index < -0.39 is 0 Å². The molecule has 3 nitrogen and oxygen atoms in total. The van der Waals surface area contributed by atoms with Crippen LogP contribution in [0.1, 0.15) is 10.4 Å². The third-order valence-corrected chi connectivity index (χ3v) is 3.97. The number of fused-ring (bicyclic) bond motifs is 1. The lowest BCUT2D eigenvalue weighted by Crippen LogP contribution is -2.12. The van der Waals surface area contributed by atoms with Gasteiger partial charge in [0.2, 0.25) is 0 Å². The fourth-order valence-corrected chi connectivity index (χ4v) is 3.40. The number of benzene rings is 2. The number of pyridine rings is 1. The molecule has 0 aliphatic rings.